The lowest BCUT2D eigenvalue weighted by atomic mass is 9.98. The Morgan fingerprint density at radius 1 is 1.14 bits per heavy atom. The van der Waals surface area contributed by atoms with Crippen LogP contribution in [0.1, 0.15) is 15.9 Å². The Labute approximate surface area is 122 Å². The highest BCUT2D eigenvalue weighted by atomic mass is 19.4. The molecule has 4 nitrogen and oxygen atoms in total. The summed E-state index contributed by atoms with van der Waals surface area (Å²) < 4.78 is 39.0. The van der Waals surface area contributed by atoms with Crippen LogP contribution in [0.5, 0.6) is 0 Å². The molecule has 0 fully saturated rings. The molecule has 0 aliphatic rings. The van der Waals surface area contributed by atoms with Gasteiger partial charge in [0, 0.05) is 10.9 Å². The number of H-pyrrole nitrogens is 1. The number of aromatic nitrogens is 2. The molecule has 0 unspecified atom stereocenters. The van der Waals surface area contributed by atoms with Crippen LogP contribution < -0.4 is 5.73 Å². The number of amides is 1. The van der Waals surface area contributed by atoms with Gasteiger partial charge < -0.3 is 5.73 Å². The highest BCUT2D eigenvalue weighted by Crippen LogP contribution is 2.36. The number of halogens is 3. The molecular formula is C15H10F3N3O. The first-order valence-corrected chi connectivity index (χ1v) is 6.31. The van der Waals surface area contributed by atoms with Crippen LogP contribution in [0.4, 0.5) is 13.2 Å². The van der Waals surface area contributed by atoms with Gasteiger partial charge in [-0.3, -0.25) is 9.89 Å². The predicted octanol–water partition coefficient (Wildman–Crippen LogP) is 3.35. The number of rotatable bonds is 2. The topological polar surface area (TPSA) is 71.8 Å². The number of carbonyl (C=O) groups excluding carboxylic acids is 1. The highest BCUT2D eigenvalue weighted by Gasteiger charge is 2.31. The van der Waals surface area contributed by atoms with Crippen molar-refractivity contribution in [3.63, 3.8) is 0 Å². The summed E-state index contributed by atoms with van der Waals surface area (Å²) in [6.45, 7) is 0. The number of hydrogen-bond donors (Lipinski definition) is 2. The fourth-order valence-electron chi connectivity index (χ4n) is 2.27. The molecule has 3 rings (SSSR count). The van der Waals surface area contributed by atoms with E-state index < -0.39 is 17.6 Å². The van der Waals surface area contributed by atoms with Gasteiger partial charge in [-0.25, -0.2) is 0 Å². The lowest BCUT2D eigenvalue weighted by Crippen LogP contribution is -2.10. The summed E-state index contributed by atoms with van der Waals surface area (Å²) in [6.07, 6.45) is -2.99. The van der Waals surface area contributed by atoms with Crippen molar-refractivity contribution in [1.82, 2.24) is 10.2 Å². The fourth-order valence-corrected chi connectivity index (χ4v) is 2.27. The molecule has 3 N–H and O–H groups in total. The summed E-state index contributed by atoms with van der Waals surface area (Å²) in [7, 11) is 0. The number of aromatic amines is 1. The number of hydrogen-bond acceptors (Lipinski definition) is 2. The summed E-state index contributed by atoms with van der Waals surface area (Å²) in [6, 6.07) is 8.15. The smallest absolute Gasteiger partial charge is 0.366 e. The van der Waals surface area contributed by atoms with Crippen LogP contribution in [-0.2, 0) is 6.18 Å². The van der Waals surface area contributed by atoms with Gasteiger partial charge in [0.15, 0.2) is 0 Å². The third-order valence-electron chi connectivity index (χ3n) is 3.37. The zero-order valence-electron chi connectivity index (χ0n) is 11.1. The van der Waals surface area contributed by atoms with Gasteiger partial charge >= 0.3 is 6.18 Å². The van der Waals surface area contributed by atoms with Crippen LogP contribution >= 0.6 is 0 Å². The van der Waals surface area contributed by atoms with Crippen LogP contribution in [0.3, 0.4) is 0 Å². The van der Waals surface area contributed by atoms with Crippen LogP contribution in [0.25, 0.3) is 22.0 Å². The molecule has 7 heteroatoms. The summed E-state index contributed by atoms with van der Waals surface area (Å²) in [5.74, 6) is -0.593. The molecular weight excluding hydrogens is 295 g/mol. The van der Waals surface area contributed by atoms with Crippen molar-refractivity contribution < 1.29 is 18.0 Å². The first kappa shape index (κ1) is 14.1. The zero-order chi connectivity index (χ0) is 15.9. The van der Waals surface area contributed by atoms with Crippen molar-refractivity contribution in [3.8, 4) is 11.1 Å². The maximum Gasteiger partial charge on any atom is 0.416 e. The largest absolute Gasteiger partial charge is 0.416 e. The molecule has 1 amide bonds. The van der Waals surface area contributed by atoms with Crippen LogP contribution in [0, 0.1) is 0 Å². The molecule has 0 aliphatic carbocycles. The SMILES string of the molecule is NC(=O)c1ccc(-c2cc(C(F)(F)F)cc3[nH]ncc23)cc1. The molecule has 0 radical (unpaired) electrons. The highest BCUT2D eigenvalue weighted by molar-refractivity contribution is 5.97. The molecule has 1 aromatic heterocycles. The second kappa shape index (κ2) is 4.87. The lowest BCUT2D eigenvalue weighted by molar-refractivity contribution is -0.137. The van der Waals surface area contributed by atoms with E-state index in [1.165, 1.54) is 18.3 Å². The average molecular weight is 305 g/mol. The van der Waals surface area contributed by atoms with Gasteiger partial charge in [-0.15, -0.1) is 0 Å². The number of alkyl halides is 3. The Kier molecular flexibility index (Phi) is 3.13. The van der Waals surface area contributed by atoms with Crippen molar-refractivity contribution in [2.24, 2.45) is 5.73 Å². The molecule has 1 heterocycles. The molecule has 3 aromatic rings. The molecule has 0 bridgehead atoms. The summed E-state index contributed by atoms with van der Waals surface area (Å²) in [4.78, 5) is 11.1. The third kappa shape index (κ3) is 2.41. The normalized spacial score (nSPS) is 11.8. The molecule has 112 valence electrons. The minimum atomic E-state index is -4.46. The van der Waals surface area contributed by atoms with Crippen LogP contribution in [0.15, 0.2) is 42.6 Å². The van der Waals surface area contributed by atoms with E-state index >= 15 is 0 Å². The summed E-state index contributed by atoms with van der Waals surface area (Å²) in [5.41, 5.74) is 5.90. The predicted molar refractivity (Wildman–Crippen MR) is 75.0 cm³/mol. The number of primary amides is 1. The van der Waals surface area contributed by atoms with Crippen molar-refractivity contribution >= 4 is 16.8 Å². The Morgan fingerprint density at radius 3 is 2.41 bits per heavy atom. The Balaban J connectivity index is 2.20. The van der Waals surface area contributed by atoms with Crippen LogP contribution in [-0.4, -0.2) is 16.1 Å². The standard InChI is InChI=1S/C15H10F3N3O/c16-15(17,18)10-5-11(12-7-20-21-13(12)6-10)8-1-3-9(4-2-8)14(19)22/h1-7H,(H2,19,22)(H,20,21). The van der Waals surface area contributed by atoms with E-state index in [9.17, 15) is 18.0 Å². The molecule has 0 aliphatic heterocycles. The minimum absolute atomic E-state index is 0.291. The number of nitrogens with one attached hydrogen (secondary N) is 1. The fraction of sp³-hybridized carbons (Fsp3) is 0.0667. The van der Waals surface area contributed by atoms with Gasteiger partial charge in [-0.1, -0.05) is 12.1 Å². The van der Waals surface area contributed by atoms with Crippen molar-refractivity contribution in [2.75, 3.05) is 0 Å². The Hall–Kier alpha value is -2.83. The van der Waals surface area contributed by atoms with E-state index in [-0.39, 0.29) is 0 Å². The Morgan fingerprint density at radius 2 is 1.82 bits per heavy atom. The van der Waals surface area contributed by atoms with Gasteiger partial charge in [-0.05, 0) is 35.4 Å². The maximum atomic E-state index is 13.0. The quantitative estimate of drug-likeness (QED) is 0.762. The number of nitrogens with two attached hydrogens (primary N) is 1. The first-order valence-electron chi connectivity index (χ1n) is 6.31. The van der Waals surface area contributed by atoms with Gasteiger partial charge in [0.25, 0.3) is 0 Å². The van der Waals surface area contributed by atoms with Gasteiger partial charge in [-0.2, -0.15) is 18.3 Å². The van der Waals surface area contributed by atoms with Crippen LogP contribution in [0.2, 0.25) is 0 Å². The summed E-state index contributed by atoms with van der Waals surface area (Å²) in [5, 5.41) is 6.91. The van der Waals surface area contributed by atoms with E-state index in [1.807, 2.05) is 0 Å². The molecule has 0 saturated heterocycles. The van der Waals surface area contributed by atoms with E-state index in [2.05, 4.69) is 10.2 Å². The van der Waals surface area contributed by atoms with Crippen molar-refractivity contribution in [1.29, 1.82) is 0 Å². The zero-order valence-corrected chi connectivity index (χ0v) is 11.1. The molecule has 0 atom stereocenters. The number of fused-ring (bicyclic) bond motifs is 1. The molecule has 2 aromatic carbocycles. The molecule has 0 spiro atoms. The minimum Gasteiger partial charge on any atom is -0.366 e. The van der Waals surface area contributed by atoms with E-state index in [0.29, 0.717) is 27.6 Å². The molecule has 22 heavy (non-hydrogen) atoms. The summed E-state index contributed by atoms with van der Waals surface area (Å²) >= 11 is 0. The van der Waals surface area contributed by atoms with Crippen molar-refractivity contribution in [2.45, 2.75) is 6.18 Å². The second-order valence-electron chi connectivity index (χ2n) is 4.79. The van der Waals surface area contributed by atoms with Gasteiger partial charge in [0.2, 0.25) is 5.91 Å². The molecule has 0 saturated carbocycles. The Bertz CT molecular complexity index is 851. The van der Waals surface area contributed by atoms with Gasteiger partial charge in [0.05, 0.1) is 17.3 Å². The number of carbonyl (C=O) groups is 1. The van der Waals surface area contributed by atoms with E-state index in [1.54, 1.807) is 12.1 Å². The monoisotopic (exact) mass is 305 g/mol. The lowest BCUT2D eigenvalue weighted by Gasteiger charge is -2.10. The first-order chi connectivity index (χ1) is 10.4. The average Bonchev–Trinajstić information content (AvgIpc) is 2.93. The number of benzene rings is 2. The third-order valence-corrected chi connectivity index (χ3v) is 3.37. The van der Waals surface area contributed by atoms with E-state index in [4.69, 9.17) is 5.73 Å². The van der Waals surface area contributed by atoms with E-state index in [0.717, 1.165) is 12.1 Å². The van der Waals surface area contributed by atoms with Crippen molar-refractivity contribution in [3.05, 3.63) is 53.7 Å². The maximum absolute atomic E-state index is 13.0. The second-order valence-corrected chi connectivity index (χ2v) is 4.79. The number of nitrogens with zero attached hydrogens (tertiary/aromatic N) is 1. The van der Waals surface area contributed by atoms with Gasteiger partial charge in [0.1, 0.15) is 0 Å².